The Hall–Kier alpha value is -1.93. The van der Waals surface area contributed by atoms with Crippen LogP contribution >= 0.6 is 0 Å². The van der Waals surface area contributed by atoms with Crippen molar-refractivity contribution in [3.63, 3.8) is 0 Å². The predicted molar refractivity (Wildman–Crippen MR) is 109 cm³/mol. The monoisotopic (exact) mass is 399 g/mol. The van der Waals surface area contributed by atoms with E-state index in [9.17, 15) is 14.4 Å². The molecule has 0 aromatic heterocycles. The van der Waals surface area contributed by atoms with E-state index in [1.807, 2.05) is 27.7 Å². The molecular weight excluding hydrogens is 362 g/mol. The van der Waals surface area contributed by atoms with E-state index < -0.39 is 0 Å². The summed E-state index contributed by atoms with van der Waals surface area (Å²) in [6.07, 6.45) is 3.68. The van der Waals surface area contributed by atoms with Crippen molar-refractivity contribution in [3.8, 4) is 0 Å². The van der Waals surface area contributed by atoms with Gasteiger partial charge in [-0.1, -0.05) is 13.0 Å². The first-order valence-electron chi connectivity index (χ1n) is 9.80. The zero-order chi connectivity index (χ0) is 21.4. The summed E-state index contributed by atoms with van der Waals surface area (Å²) >= 11 is 0. The van der Waals surface area contributed by atoms with E-state index in [2.05, 4.69) is 22.5 Å². The Morgan fingerprint density at radius 3 is 2.43 bits per heavy atom. The van der Waals surface area contributed by atoms with Crippen LogP contribution in [0.25, 0.3) is 0 Å². The Bertz CT molecular complexity index is 492. The molecular formula is C20H37N3O5. The van der Waals surface area contributed by atoms with Gasteiger partial charge in [-0.15, -0.1) is 0 Å². The Kier molecular flexibility index (Phi) is 14.0. The van der Waals surface area contributed by atoms with Crippen LogP contribution in [0.2, 0.25) is 0 Å². The molecule has 28 heavy (non-hydrogen) atoms. The van der Waals surface area contributed by atoms with Crippen LogP contribution in [0.5, 0.6) is 0 Å². The number of rotatable bonds is 17. The maximum Gasteiger partial charge on any atom is 0.239 e. The highest BCUT2D eigenvalue weighted by atomic mass is 16.5. The van der Waals surface area contributed by atoms with Gasteiger partial charge in [-0.25, -0.2) is 0 Å². The molecule has 162 valence electrons. The molecule has 2 amide bonds. The Labute approximate surface area is 168 Å². The Morgan fingerprint density at radius 2 is 1.79 bits per heavy atom. The molecule has 0 aliphatic heterocycles. The van der Waals surface area contributed by atoms with Crippen LogP contribution in [-0.2, 0) is 23.9 Å². The largest absolute Gasteiger partial charge is 0.387 e. The molecule has 0 saturated heterocycles. The Balaban J connectivity index is 3.66. The zero-order valence-corrected chi connectivity index (χ0v) is 17.8. The normalized spacial score (nSPS) is 11.2. The highest BCUT2D eigenvalue weighted by Gasteiger charge is 2.19. The molecule has 0 aromatic carbocycles. The molecule has 0 atom stereocenters. The second-order valence-corrected chi connectivity index (χ2v) is 7.50. The number of carbonyl (C=O) groups is 3. The SMILES string of the molecule is C=C(COC(C)(C)COC(C)C)NCCCCCC(=O)NCC(=O)NCC=O. The molecule has 0 radical (unpaired) electrons. The van der Waals surface area contributed by atoms with Gasteiger partial charge in [-0.3, -0.25) is 9.59 Å². The number of amides is 2. The first-order valence-corrected chi connectivity index (χ1v) is 9.80. The second-order valence-electron chi connectivity index (χ2n) is 7.50. The quantitative estimate of drug-likeness (QED) is 0.251. The summed E-state index contributed by atoms with van der Waals surface area (Å²) in [4.78, 5) is 33.0. The topological polar surface area (TPSA) is 106 Å². The molecule has 0 aromatic rings. The highest BCUT2D eigenvalue weighted by Crippen LogP contribution is 2.12. The first-order chi connectivity index (χ1) is 13.2. The van der Waals surface area contributed by atoms with Crippen LogP contribution in [-0.4, -0.2) is 62.7 Å². The van der Waals surface area contributed by atoms with Crippen molar-refractivity contribution in [1.29, 1.82) is 0 Å². The van der Waals surface area contributed by atoms with Crippen LogP contribution in [0.15, 0.2) is 12.3 Å². The van der Waals surface area contributed by atoms with Crippen LogP contribution in [0, 0.1) is 0 Å². The third kappa shape index (κ3) is 16.3. The molecule has 8 nitrogen and oxygen atoms in total. The molecule has 0 spiro atoms. The maximum absolute atomic E-state index is 11.6. The van der Waals surface area contributed by atoms with Gasteiger partial charge in [0.2, 0.25) is 11.8 Å². The molecule has 0 bridgehead atoms. The lowest BCUT2D eigenvalue weighted by atomic mass is 10.1. The van der Waals surface area contributed by atoms with Crippen molar-refractivity contribution in [1.82, 2.24) is 16.0 Å². The lowest BCUT2D eigenvalue weighted by molar-refractivity contribution is -0.126. The fourth-order valence-electron chi connectivity index (χ4n) is 2.08. The molecule has 0 aliphatic rings. The number of unbranched alkanes of at least 4 members (excludes halogenated alkanes) is 2. The summed E-state index contributed by atoms with van der Waals surface area (Å²) in [6.45, 7) is 13.5. The minimum Gasteiger partial charge on any atom is -0.387 e. The molecule has 0 aliphatic carbocycles. The van der Waals surface area contributed by atoms with Crippen molar-refractivity contribution >= 4 is 18.1 Å². The fraction of sp³-hybridized carbons (Fsp3) is 0.750. The van der Waals surface area contributed by atoms with Crippen molar-refractivity contribution in [2.75, 3.05) is 32.8 Å². The minimum absolute atomic E-state index is 0.0404. The van der Waals surface area contributed by atoms with Gasteiger partial charge < -0.3 is 30.2 Å². The highest BCUT2D eigenvalue weighted by molar-refractivity contribution is 5.85. The number of nitrogens with one attached hydrogen (secondary N) is 3. The smallest absolute Gasteiger partial charge is 0.239 e. The van der Waals surface area contributed by atoms with Crippen molar-refractivity contribution in [3.05, 3.63) is 12.3 Å². The van der Waals surface area contributed by atoms with E-state index >= 15 is 0 Å². The van der Waals surface area contributed by atoms with E-state index in [0.717, 1.165) is 31.5 Å². The standard InChI is InChI=1S/C20H37N3O5/c1-16(2)27-15-20(4,5)28-14-17(3)21-10-8-6-7-9-18(25)23-13-19(26)22-11-12-24/h12,16,21H,3,6-11,13-15H2,1-2,4-5H3,(H,22,26)(H,23,25). The lowest BCUT2D eigenvalue weighted by Gasteiger charge is -2.27. The summed E-state index contributed by atoms with van der Waals surface area (Å²) in [6, 6.07) is 0. The molecule has 8 heteroatoms. The molecule has 0 saturated carbocycles. The number of carbonyl (C=O) groups excluding carboxylic acids is 3. The van der Waals surface area contributed by atoms with E-state index in [1.165, 1.54) is 0 Å². The molecule has 0 unspecified atom stereocenters. The minimum atomic E-state index is -0.371. The molecule has 0 heterocycles. The van der Waals surface area contributed by atoms with Gasteiger partial charge in [0.1, 0.15) is 6.29 Å². The van der Waals surface area contributed by atoms with Gasteiger partial charge in [0, 0.05) is 18.7 Å². The number of hydrogen-bond donors (Lipinski definition) is 3. The first kappa shape index (κ1) is 26.1. The van der Waals surface area contributed by atoms with Crippen LogP contribution in [0.3, 0.4) is 0 Å². The van der Waals surface area contributed by atoms with Gasteiger partial charge >= 0.3 is 0 Å². The van der Waals surface area contributed by atoms with E-state index in [0.29, 0.717) is 25.9 Å². The van der Waals surface area contributed by atoms with E-state index in [1.54, 1.807) is 0 Å². The molecule has 3 N–H and O–H groups in total. The van der Waals surface area contributed by atoms with E-state index in [4.69, 9.17) is 9.47 Å². The van der Waals surface area contributed by atoms with Crippen LogP contribution < -0.4 is 16.0 Å². The fourth-order valence-corrected chi connectivity index (χ4v) is 2.08. The lowest BCUT2D eigenvalue weighted by Crippen LogP contribution is -2.37. The summed E-state index contributed by atoms with van der Waals surface area (Å²) in [5.41, 5.74) is 0.448. The van der Waals surface area contributed by atoms with Gasteiger partial charge in [-0.05, 0) is 40.5 Å². The van der Waals surface area contributed by atoms with Gasteiger partial charge in [0.15, 0.2) is 0 Å². The Morgan fingerprint density at radius 1 is 1.07 bits per heavy atom. The van der Waals surface area contributed by atoms with Crippen LogP contribution in [0.4, 0.5) is 0 Å². The summed E-state index contributed by atoms with van der Waals surface area (Å²) in [5.74, 6) is -0.540. The number of hydrogen-bond acceptors (Lipinski definition) is 6. The average molecular weight is 400 g/mol. The summed E-state index contributed by atoms with van der Waals surface area (Å²) in [5, 5.41) is 8.11. The van der Waals surface area contributed by atoms with E-state index in [-0.39, 0.29) is 36.6 Å². The number of ether oxygens (including phenoxy) is 2. The third-order valence-corrected chi connectivity index (χ3v) is 3.69. The van der Waals surface area contributed by atoms with Crippen molar-refractivity contribution in [2.45, 2.75) is 65.1 Å². The zero-order valence-electron chi connectivity index (χ0n) is 17.8. The third-order valence-electron chi connectivity index (χ3n) is 3.69. The summed E-state index contributed by atoms with van der Waals surface area (Å²) < 4.78 is 11.4. The molecule has 0 fully saturated rings. The molecule has 0 rings (SSSR count). The van der Waals surface area contributed by atoms with Gasteiger partial charge in [0.25, 0.3) is 0 Å². The van der Waals surface area contributed by atoms with Gasteiger partial charge in [-0.2, -0.15) is 0 Å². The number of aldehydes is 1. The van der Waals surface area contributed by atoms with Gasteiger partial charge in [0.05, 0.1) is 38.0 Å². The predicted octanol–water partition coefficient (Wildman–Crippen LogP) is 1.30. The second kappa shape index (κ2) is 15.0. The van der Waals surface area contributed by atoms with Crippen molar-refractivity contribution in [2.24, 2.45) is 0 Å². The van der Waals surface area contributed by atoms with Crippen LogP contribution in [0.1, 0.15) is 53.4 Å². The maximum atomic E-state index is 11.6. The average Bonchev–Trinajstić information content (AvgIpc) is 2.64. The van der Waals surface area contributed by atoms with Crippen molar-refractivity contribution < 1.29 is 23.9 Å². The summed E-state index contributed by atoms with van der Waals surface area (Å²) in [7, 11) is 0.